The van der Waals surface area contributed by atoms with Crippen molar-refractivity contribution in [2.75, 3.05) is 14.2 Å². The summed E-state index contributed by atoms with van der Waals surface area (Å²) in [7, 11) is 3.34. The molecule has 320 valence electrons. The lowest BCUT2D eigenvalue weighted by molar-refractivity contribution is 0.414. The Morgan fingerprint density at radius 1 is 0.446 bits per heavy atom. The SMILES string of the molecule is COc1ccc(CCc2cc3cc(-c4ccccc4)c(-c4ccccc4)nc3cn2)cc1.COc1ccc(CN)cc1.Clc1cc2cc(-c3ccccc3)c(-c3ccccc3)nc2cn1. The molecule has 0 atom stereocenters. The fourth-order valence-electron chi connectivity index (χ4n) is 7.44. The van der Waals surface area contributed by atoms with Crippen molar-refractivity contribution in [1.29, 1.82) is 0 Å². The van der Waals surface area contributed by atoms with Crippen LogP contribution in [0.4, 0.5) is 0 Å². The minimum Gasteiger partial charge on any atom is -0.497 e. The van der Waals surface area contributed by atoms with Gasteiger partial charge in [-0.2, -0.15) is 0 Å². The lowest BCUT2D eigenvalue weighted by atomic mass is 9.97. The molecule has 6 aromatic carbocycles. The maximum atomic E-state index is 6.03. The Bertz CT molecular complexity index is 3060. The van der Waals surface area contributed by atoms with Crippen LogP contribution in [0.5, 0.6) is 11.5 Å². The van der Waals surface area contributed by atoms with Gasteiger partial charge in [-0.25, -0.2) is 15.0 Å². The molecule has 0 bridgehead atoms. The minimum absolute atomic E-state index is 0.478. The molecule has 0 unspecified atom stereocenters. The molecule has 0 saturated carbocycles. The fourth-order valence-corrected chi connectivity index (χ4v) is 7.61. The van der Waals surface area contributed by atoms with E-state index in [1.807, 2.05) is 97.2 Å². The molecule has 4 aromatic heterocycles. The predicted molar refractivity (Wildman–Crippen MR) is 267 cm³/mol. The maximum absolute atomic E-state index is 6.03. The van der Waals surface area contributed by atoms with Crippen LogP contribution in [0.1, 0.15) is 16.8 Å². The molecular formula is C57H48ClN5O2. The van der Waals surface area contributed by atoms with E-state index in [9.17, 15) is 0 Å². The standard InChI is InChI=1S/C29H24N2O.C20H13ClN2.C8H11NO/c1-32-26-16-13-21(14-17-26)12-15-25-18-24-19-27(22-8-4-2-5-9-22)29(31-28(24)20-30-25)23-10-6-3-7-11-23;21-19-12-16-11-17(14-7-3-1-4-8-14)20(23-18(16)13-22-19)15-9-5-2-6-10-15;1-10-8-4-2-7(6-9)3-5-8/h2-11,13-14,16-20H,12,15H2,1H3;1-13H;2-5H,6,9H2,1H3. The van der Waals surface area contributed by atoms with Crippen LogP contribution < -0.4 is 15.2 Å². The summed E-state index contributed by atoms with van der Waals surface area (Å²) in [6, 6.07) is 65.7. The normalized spacial score (nSPS) is 10.6. The third kappa shape index (κ3) is 11.3. The molecule has 0 spiro atoms. The largest absolute Gasteiger partial charge is 0.497 e. The number of nitrogens with zero attached hydrogens (tertiary/aromatic N) is 4. The van der Waals surface area contributed by atoms with E-state index in [2.05, 4.69) is 108 Å². The van der Waals surface area contributed by atoms with Gasteiger partial charge in [0, 0.05) is 45.3 Å². The Kier molecular flexibility index (Phi) is 14.6. The van der Waals surface area contributed by atoms with Crippen LogP contribution in [-0.2, 0) is 19.4 Å². The van der Waals surface area contributed by atoms with E-state index in [0.29, 0.717) is 11.7 Å². The predicted octanol–water partition coefficient (Wildman–Crippen LogP) is 13.5. The number of aryl methyl sites for hydroxylation is 2. The lowest BCUT2D eigenvalue weighted by Gasteiger charge is -2.12. The van der Waals surface area contributed by atoms with E-state index in [-0.39, 0.29) is 0 Å². The summed E-state index contributed by atoms with van der Waals surface area (Å²) in [4.78, 5) is 18.7. The molecule has 2 N–H and O–H groups in total. The van der Waals surface area contributed by atoms with Crippen LogP contribution in [0.15, 0.2) is 207 Å². The lowest BCUT2D eigenvalue weighted by Crippen LogP contribution is -1.97. The Morgan fingerprint density at radius 3 is 1.31 bits per heavy atom. The molecule has 8 heteroatoms. The minimum atomic E-state index is 0.478. The summed E-state index contributed by atoms with van der Waals surface area (Å²) in [5.74, 6) is 1.75. The number of pyridine rings is 4. The Morgan fingerprint density at radius 2 is 0.862 bits per heavy atom. The van der Waals surface area contributed by atoms with Crippen molar-refractivity contribution < 1.29 is 9.47 Å². The van der Waals surface area contributed by atoms with E-state index in [1.165, 1.54) is 5.56 Å². The van der Waals surface area contributed by atoms with Crippen LogP contribution in [0, 0.1) is 0 Å². The zero-order valence-electron chi connectivity index (χ0n) is 36.3. The van der Waals surface area contributed by atoms with Crippen molar-refractivity contribution >= 4 is 33.4 Å². The van der Waals surface area contributed by atoms with Gasteiger partial charge in [-0.1, -0.05) is 157 Å². The molecule has 10 rings (SSSR count). The highest BCUT2D eigenvalue weighted by molar-refractivity contribution is 6.30. The van der Waals surface area contributed by atoms with Crippen molar-refractivity contribution in [2.45, 2.75) is 19.4 Å². The molecule has 0 aliphatic heterocycles. The van der Waals surface area contributed by atoms with Crippen molar-refractivity contribution in [2.24, 2.45) is 5.73 Å². The summed E-state index contributed by atoms with van der Waals surface area (Å²) in [6.07, 6.45) is 5.44. The number of benzene rings is 6. The smallest absolute Gasteiger partial charge is 0.129 e. The topological polar surface area (TPSA) is 96.0 Å². The first-order valence-electron chi connectivity index (χ1n) is 21.4. The second-order valence-corrected chi connectivity index (χ2v) is 15.6. The van der Waals surface area contributed by atoms with Gasteiger partial charge in [0.25, 0.3) is 0 Å². The number of aromatic nitrogens is 4. The summed E-state index contributed by atoms with van der Waals surface area (Å²) in [5.41, 5.74) is 19.3. The fraction of sp³-hybridized carbons (Fsp3) is 0.0877. The Hall–Kier alpha value is -7.71. The number of methoxy groups -OCH3 is 2. The van der Waals surface area contributed by atoms with Crippen molar-refractivity contribution in [3.63, 3.8) is 0 Å². The summed E-state index contributed by atoms with van der Waals surface area (Å²) < 4.78 is 10.2. The zero-order chi connectivity index (χ0) is 44.8. The molecule has 10 aromatic rings. The van der Waals surface area contributed by atoms with Crippen molar-refractivity contribution in [3.8, 4) is 56.3 Å². The number of hydrogen-bond donors (Lipinski definition) is 1. The van der Waals surface area contributed by atoms with Crippen LogP contribution in [-0.4, -0.2) is 34.2 Å². The van der Waals surface area contributed by atoms with Gasteiger partial charge < -0.3 is 15.2 Å². The van der Waals surface area contributed by atoms with E-state index in [1.54, 1.807) is 20.4 Å². The van der Waals surface area contributed by atoms with E-state index in [0.717, 1.165) is 102 Å². The van der Waals surface area contributed by atoms with Gasteiger partial charge in [0.1, 0.15) is 16.7 Å². The number of nitrogens with two attached hydrogens (primary N) is 1. The Labute approximate surface area is 385 Å². The monoisotopic (exact) mass is 869 g/mol. The van der Waals surface area contributed by atoms with Gasteiger partial charge in [0.05, 0.1) is 49.0 Å². The molecule has 0 radical (unpaired) electrons. The van der Waals surface area contributed by atoms with Gasteiger partial charge >= 0.3 is 0 Å². The highest BCUT2D eigenvalue weighted by atomic mass is 35.5. The first-order valence-corrected chi connectivity index (χ1v) is 21.8. The molecule has 4 heterocycles. The molecule has 0 aliphatic rings. The second-order valence-electron chi connectivity index (χ2n) is 15.2. The maximum Gasteiger partial charge on any atom is 0.129 e. The van der Waals surface area contributed by atoms with Crippen LogP contribution in [0.3, 0.4) is 0 Å². The average Bonchev–Trinajstić information content (AvgIpc) is 3.38. The van der Waals surface area contributed by atoms with E-state index >= 15 is 0 Å². The summed E-state index contributed by atoms with van der Waals surface area (Å²) in [5, 5.41) is 2.58. The van der Waals surface area contributed by atoms with Crippen LogP contribution in [0.25, 0.3) is 66.6 Å². The first-order chi connectivity index (χ1) is 32.0. The van der Waals surface area contributed by atoms with Gasteiger partial charge in [0.15, 0.2) is 0 Å². The molecule has 0 fully saturated rings. The third-order valence-corrected chi connectivity index (χ3v) is 11.1. The first kappa shape index (κ1) is 43.9. The van der Waals surface area contributed by atoms with Gasteiger partial charge in [0.2, 0.25) is 0 Å². The zero-order valence-corrected chi connectivity index (χ0v) is 37.1. The quantitative estimate of drug-likeness (QED) is 0.137. The number of halogens is 1. The molecule has 65 heavy (non-hydrogen) atoms. The van der Waals surface area contributed by atoms with Gasteiger partial charge in [-0.15, -0.1) is 0 Å². The average molecular weight is 870 g/mol. The van der Waals surface area contributed by atoms with Crippen LogP contribution >= 0.6 is 11.6 Å². The summed E-state index contributed by atoms with van der Waals surface area (Å²) >= 11 is 6.03. The van der Waals surface area contributed by atoms with Gasteiger partial charge in [-0.05, 0) is 83.6 Å². The highest BCUT2D eigenvalue weighted by Gasteiger charge is 2.14. The molecular weight excluding hydrogens is 822 g/mol. The number of rotatable bonds is 10. The number of ether oxygens (including phenoxy) is 2. The number of fused-ring (bicyclic) bond motifs is 2. The molecule has 0 amide bonds. The second kappa shape index (κ2) is 21.6. The molecule has 0 aliphatic carbocycles. The number of hydrogen-bond acceptors (Lipinski definition) is 7. The van der Waals surface area contributed by atoms with Crippen molar-refractivity contribution in [1.82, 2.24) is 19.9 Å². The molecule has 7 nitrogen and oxygen atoms in total. The summed E-state index contributed by atoms with van der Waals surface area (Å²) in [6.45, 7) is 0.587. The van der Waals surface area contributed by atoms with Crippen molar-refractivity contribution in [3.05, 3.63) is 228 Å². The highest BCUT2D eigenvalue weighted by Crippen LogP contribution is 2.35. The third-order valence-electron chi connectivity index (χ3n) is 10.9. The molecule has 0 saturated heterocycles. The van der Waals surface area contributed by atoms with E-state index < -0.39 is 0 Å². The Balaban J connectivity index is 0.000000151. The van der Waals surface area contributed by atoms with Gasteiger partial charge in [-0.3, -0.25) is 4.98 Å². The van der Waals surface area contributed by atoms with Crippen LogP contribution in [0.2, 0.25) is 5.15 Å². The van der Waals surface area contributed by atoms with E-state index in [4.69, 9.17) is 41.8 Å².